The van der Waals surface area contributed by atoms with E-state index in [-0.39, 0.29) is 5.91 Å². The lowest BCUT2D eigenvalue weighted by Gasteiger charge is -2.32. The van der Waals surface area contributed by atoms with Gasteiger partial charge in [0.25, 0.3) is 0 Å². The fourth-order valence-corrected chi connectivity index (χ4v) is 1.95. The zero-order valence-electron chi connectivity index (χ0n) is 9.83. The Morgan fingerprint density at radius 3 is 2.60 bits per heavy atom. The zero-order valence-corrected chi connectivity index (χ0v) is 9.83. The summed E-state index contributed by atoms with van der Waals surface area (Å²) in [6, 6.07) is -0.0599. The number of hydrogen-bond acceptors (Lipinski definition) is 3. The summed E-state index contributed by atoms with van der Waals surface area (Å²) < 4.78 is 0. The van der Waals surface area contributed by atoms with Crippen molar-refractivity contribution in [2.24, 2.45) is 5.73 Å². The number of hydrogen-bond donors (Lipinski definition) is 2. The molecule has 1 unspecified atom stereocenters. The topological polar surface area (TPSA) is 58.4 Å². The molecule has 0 radical (unpaired) electrons. The van der Waals surface area contributed by atoms with E-state index >= 15 is 0 Å². The molecular weight excluding hydrogens is 190 g/mol. The molecular formula is C11H23N3O. The van der Waals surface area contributed by atoms with Gasteiger partial charge in [-0.2, -0.15) is 0 Å². The molecule has 1 aliphatic heterocycles. The quantitative estimate of drug-likeness (QED) is 0.707. The monoisotopic (exact) mass is 213 g/mol. The molecule has 0 aromatic rings. The van der Waals surface area contributed by atoms with Gasteiger partial charge < -0.3 is 16.0 Å². The van der Waals surface area contributed by atoms with Gasteiger partial charge >= 0.3 is 0 Å². The van der Waals surface area contributed by atoms with E-state index in [9.17, 15) is 4.79 Å². The van der Waals surface area contributed by atoms with Crippen molar-refractivity contribution < 1.29 is 4.79 Å². The number of nitrogens with two attached hydrogens (primary N) is 1. The molecule has 3 N–H and O–H groups in total. The van der Waals surface area contributed by atoms with Crippen molar-refractivity contribution >= 4 is 5.91 Å². The Bertz CT molecular complexity index is 198. The van der Waals surface area contributed by atoms with Crippen LogP contribution >= 0.6 is 0 Å². The van der Waals surface area contributed by atoms with Gasteiger partial charge in [0.1, 0.15) is 0 Å². The van der Waals surface area contributed by atoms with Crippen molar-refractivity contribution in [3.63, 3.8) is 0 Å². The summed E-state index contributed by atoms with van der Waals surface area (Å²) in [7, 11) is 0. The first kappa shape index (κ1) is 12.5. The smallest absolute Gasteiger partial charge is 0.236 e. The minimum absolute atomic E-state index is 0.0241. The molecule has 0 aliphatic carbocycles. The maximum atomic E-state index is 11.4. The lowest BCUT2D eigenvalue weighted by molar-refractivity contribution is -0.123. The Kier molecular flexibility index (Phi) is 5.05. The number of rotatable bonds is 4. The van der Waals surface area contributed by atoms with Gasteiger partial charge in [-0.15, -0.1) is 0 Å². The van der Waals surface area contributed by atoms with E-state index in [0.29, 0.717) is 6.04 Å². The van der Waals surface area contributed by atoms with Crippen molar-refractivity contribution in [1.29, 1.82) is 0 Å². The Labute approximate surface area is 92.2 Å². The normalized spacial score (nSPS) is 21.3. The predicted molar refractivity (Wildman–Crippen MR) is 61.5 cm³/mol. The third-order valence-electron chi connectivity index (χ3n) is 2.89. The highest BCUT2D eigenvalue weighted by Crippen LogP contribution is 2.10. The van der Waals surface area contributed by atoms with Crippen LogP contribution in [0.2, 0.25) is 0 Å². The van der Waals surface area contributed by atoms with E-state index in [1.54, 1.807) is 6.92 Å². The van der Waals surface area contributed by atoms with E-state index in [2.05, 4.69) is 17.1 Å². The first-order chi connectivity index (χ1) is 7.13. The van der Waals surface area contributed by atoms with Crippen molar-refractivity contribution in [2.75, 3.05) is 19.6 Å². The number of carbonyl (C=O) groups is 1. The molecule has 0 aromatic carbocycles. The summed E-state index contributed by atoms with van der Waals surface area (Å²) >= 11 is 0. The van der Waals surface area contributed by atoms with Gasteiger partial charge in [0.05, 0.1) is 6.04 Å². The van der Waals surface area contributed by atoms with Crippen molar-refractivity contribution in [2.45, 2.75) is 45.2 Å². The summed E-state index contributed by atoms with van der Waals surface area (Å²) in [5.74, 6) is -0.0241. The Hall–Kier alpha value is -0.610. The van der Waals surface area contributed by atoms with E-state index in [1.165, 1.54) is 13.0 Å². The lowest BCUT2D eigenvalue weighted by atomic mass is 10.0. The van der Waals surface area contributed by atoms with E-state index < -0.39 is 6.04 Å². The molecule has 1 fully saturated rings. The number of nitrogens with one attached hydrogen (secondary N) is 1. The summed E-state index contributed by atoms with van der Waals surface area (Å²) in [5, 5.41) is 2.99. The van der Waals surface area contributed by atoms with Gasteiger partial charge in [0, 0.05) is 19.1 Å². The molecule has 4 heteroatoms. The molecule has 4 nitrogen and oxygen atoms in total. The molecule has 1 rings (SSSR count). The molecule has 1 aliphatic rings. The maximum absolute atomic E-state index is 11.4. The van der Waals surface area contributed by atoms with Gasteiger partial charge in [-0.3, -0.25) is 4.79 Å². The third kappa shape index (κ3) is 4.18. The Morgan fingerprint density at radius 2 is 2.13 bits per heavy atom. The van der Waals surface area contributed by atoms with Crippen LogP contribution in [0.15, 0.2) is 0 Å². The molecule has 0 spiro atoms. The van der Waals surface area contributed by atoms with Crippen molar-refractivity contribution in [3.05, 3.63) is 0 Å². The van der Waals surface area contributed by atoms with Crippen molar-refractivity contribution in [1.82, 2.24) is 10.2 Å². The molecule has 1 saturated heterocycles. The SMILES string of the molecule is CCCN1CCC(NC(=O)C(C)N)CC1. The second-order valence-corrected chi connectivity index (χ2v) is 4.41. The fraction of sp³-hybridized carbons (Fsp3) is 0.909. The van der Waals surface area contributed by atoms with Crippen LogP contribution in [0.5, 0.6) is 0 Å². The van der Waals surface area contributed by atoms with Crippen LogP contribution < -0.4 is 11.1 Å². The van der Waals surface area contributed by atoms with Crippen molar-refractivity contribution in [3.8, 4) is 0 Å². The Balaban J connectivity index is 2.22. The summed E-state index contributed by atoms with van der Waals surface area (Å²) in [6.45, 7) is 7.29. The van der Waals surface area contributed by atoms with Crippen LogP contribution in [0.25, 0.3) is 0 Å². The summed E-state index contributed by atoms with van der Waals surface area (Å²) in [4.78, 5) is 13.8. The standard InChI is InChI=1S/C11H23N3O/c1-3-6-14-7-4-10(5-8-14)13-11(15)9(2)12/h9-10H,3-8,12H2,1-2H3,(H,13,15). The number of carbonyl (C=O) groups excluding carboxylic acids is 1. The van der Waals surface area contributed by atoms with E-state index in [0.717, 1.165) is 25.9 Å². The van der Waals surface area contributed by atoms with Gasteiger partial charge in [0.2, 0.25) is 5.91 Å². The fourth-order valence-electron chi connectivity index (χ4n) is 1.95. The summed E-state index contributed by atoms with van der Waals surface area (Å²) in [6.07, 6.45) is 3.31. The highest BCUT2D eigenvalue weighted by Gasteiger charge is 2.20. The maximum Gasteiger partial charge on any atom is 0.236 e. The first-order valence-electron chi connectivity index (χ1n) is 5.91. The summed E-state index contributed by atoms with van der Waals surface area (Å²) in [5.41, 5.74) is 5.51. The van der Waals surface area contributed by atoms with E-state index in [1.807, 2.05) is 0 Å². The molecule has 1 atom stereocenters. The third-order valence-corrected chi connectivity index (χ3v) is 2.89. The van der Waals surface area contributed by atoms with Crippen LogP contribution in [-0.2, 0) is 4.79 Å². The first-order valence-corrected chi connectivity index (χ1v) is 5.91. The largest absolute Gasteiger partial charge is 0.352 e. The zero-order chi connectivity index (χ0) is 11.3. The molecule has 15 heavy (non-hydrogen) atoms. The second kappa shape index (κ2) is 6.08. The molecule has 88 valence electrons. The molecule has 0 aromatic heterocycles. The van der Waals surface area contributed by atoms with Crippen LogP contribution in [-0.4, -0.2) is 42.5 Å². The average Bonchev–Trinajstić information content (AvgIpc) is 2.21. The number of piperidine rings is 1. The van der Waals surface area contributed by atoms with Gasteiger partial charge in [-0.25, -0.2) is 0 Å². The second-order valence-electron chi connectivity index (χ2n) is 4.41. The van der Waals surface area contributed by atoms with Crippen LogP contribution in [0.3, 0.4) is 0 Å². The molecule has 0 saturated carbocycles. The average molecular weight is 213 g/mol. The van der Waals surface area contributed by atoms with Gasteiger partial charge in [-0.1, -0.05) is 6.92 Å². The molecule has 1 amide bonds. The number of likely N-dealkylation sites (tertiary alicyclic amines) is 1. The number of amides is 1. The number of nitrogens with zero attached hydrogens (tertiary/aromatic N) is 1. The molecule has 0 bridgehead atoms. The highest BCUT2D eigenvalue weighted by atomic mass is 16.2. The van der Waals surface area contributed by atoms with Crippen LogP contribution in [0.1, 0.15) is 33.1 Å². The van der Waals surface area contributed by atoms with Gasteiger partial charge in [0.15, 0.2) is 0 Å². The molecule has 1 heterocycles. The lowest BCUT2D eigenvalue weighted by Crippen LogP contribution is -2.48. The predicted octanol–water partition coefficient (Wildman–Crippen LogP) is 0.324. The van der Waals surface area contributed by atoms with Crippen LogP contribution in [0.4, 0.5) is 0 Å². The highest BCUT2D eigenvalue weighted by molar-refractivity contribution is 5.81. The minimum atomic E-state index is -0.390. The van der Waals surface area contributed by atoms with E-state index in [4.69, 9.17) is 5.73 Å². The van der Waals surface area contributed by atoms with Crippen LogP contribution in [0, 0.1) is 0 Å². The Morgan fingerprint density at radius 1 is 1.53 bits per heavy atom. The van der Waals surface area contributed by atoms with Gasteiger partial charge in [-0.05, 0) is 32.7 Å². The minimum Gasteiger partial charge on any atom is -0.352 e.